The molecule has 118 valence electrons. The van der Waals surface area contributed by atoms with Gasteiger partial charge in [0.1, 0.15) is 0 Å². The monoisotopic (exact) mass is 357 g/mol. The Morgan fingerprint density at radius 3 is 2.39 bits per heavy atom. The normalized spacial score (nSPS) is 11.7. The first-order valence-corrected chi connectivity index (χ1v) is 7.17. The van der Waals surface area contributed by atoms with Crippen molar-refractivity contribution in [3.63, 3.8) is 0 Å². The quantitative estimate of drug-likeness (QED) is 0.626. The smallest absolute Gasteiger partial charge is 0.203 e. The molecule has 0 aliphatic rings. The molecule has 2 aromatic carbocycles. The minimum Gasteiger partial charge on any atom is -0.203 e. The number of benzene rings is 2. The second kappa shape index (κ2) is 5.86. The molecule has 0 bridgehead atoms. The summed E-state index contributed by atoms with van der Waals surface area (Å²) < 4.78 is 39.6. The Morgan fingerprint density at radius 2 is 1.70 bits per heavy atom. The highest BCUT2D eigenvalue weighted by Crippen LogP contribution is 2.31. The van der Waals surface area contributed by atoms with Gasteiger partial charge in [0.15, 0.2) is 5.82 Å². The maximum Gasteiger partial charge on any atom is 0.416 e. The summed E-state index contributed by atoms with van der Waals surface area (Å²) in [4.78, 5) is 4.06. The van der Waals surface area contributed by atoms with Crippen LogP contribution in [0.4, 0.5) is 13.2 Å². The lowest BCUT2D eigenvalue weighted by Gasteiger charge is -2.08. The average Bonchev–Trinajstić information content (AvgIpc) is 2.89. The fourth-order valence-electron chi connectivity index (χ4n) is 2.03. The molecule has 0 unspecified atom stereocenters. The predicted molar refractivity (Wildman–Crippen MR) is 81.8 cm³/mol. The molecular weight excluding hydrogens is 350 g/mol. The van der Waals surface area contributed by atoms with Gasteiger partial charge in [-0.3, -0.25) is 0 Å². The Balaban J connectivity index is 2.07. The molecule has 0 N–H and O–H groups in total. The maximum atomic E-state index is 12.8. The Labute approximate surface area is 139 Å². The lowest BCUT2D eigenvalue weighted by Crippen LogP contribution is -2.06. The number of alkyl halides is 3. The van der Waals surface area contributed by atoms with E-state index in [4.69, 9.17) is 23.2 Å². The lowest BCUT2D eigenvalue weighted by molar-refractivity contribution is -0.137. The van der Waals surface area contributed by atoms with Crippen LogP contribution in [0.15, 0.2) is 48.5 Å². The highest BCUT2D eigenvalue weighted by molar-refractivity contribution is 6.33. The van der Waals surface area contributed by atoms with Crippen LogP contribution >= 0.6 is 23.2 Å². The van der Waals surface area contributed by atoms with E-state index in [1.807, 2.05) is 0 Å². The van der Waals surface area contributed by atoms with Gasteiger partial charge in [-0.1, -0.05) is 29.8 Å². The van der Waals surface area contributed by atoms with Gasteiger partial charge in [-0.25, -0.2) is 4.68 Å². The number of hydrogen-bond acceptors (Lipinski definition) is 2. The Bertz CT molecular complexity index is 859. The Kier molecular flexibility index (Phi) is 4.04. The van der Waals surface area contributed by atoms with Gasteiger partial charge < -0.3 is 0 Å². The molecule has 0 radical (unpaired) electrons. The minimum absolute atomic E-state index is 0.0563. The molecule has 3 nitrogen and oxygen atoms in total. The summed E-state index contributed by atoms with van der Waals surface area (Å²) in [6.45, 7) is 0. The van der Waals surface area contributed by atoms with E-state index in [0.717, 1.165) is 16.8 Å². The van der Waals surface area contributed by atoms with Crippen LogP contribution < -0.4 is 0 Å². The molecule has 0 fully saturated rings. The number of hydrogen-bond donors (Lipinski definition) is 0. The molecule has 8 heteroatoms. The van der Waals surface area contributed by atoms with Gasteiger partial charge >= 0.3 is 6.18 Å². The Morgan fingerprint density at radius 1 is 0.957 bits per heavy atom. The van der Waals surface area contributed by atoms with Gasteiger partial charge in [0, 0.05) is 5.56 Å². The van der Waals surface area contributed by atoms with Crippen LogP contribution in [0, 0.1) is 0 Å². The molecule has 23 heavy (non-hydrogen) atoms. The molecule has 0 saturated heterocycles. The van der Waals surface area contributed by atoms with E-state index < -0.39 is 11.7 Å². The van der Waals surface area contributed by atoms with E-state index in [0.29, 0.717) is 10.6 Å². The van der Waals surface area contributed by atoms with Crippen LogP contribution in [0.25, 0.3) is 17.1 Å². The van der Waals surface area contributed by atoms with Gasteiger partial charge in [-0.2, -0.15) is 18.2 Å². The fourth-order valence-corrected chi connectivity index (χ4v) is 2.46. The van der Waals surface area contributed by atoms with E-state index in [1.54, 1.807) is 24.3 Å². The van der Waals surface area contributed by atoms with Crippen LogP contribution in [0.3, 0.4) is 0 Å². The van der Waals surface area contributed by atoms with Crippen molar-refractivity contribution in [2.45, 2.75) is 6.18 Å². The molecule has 0 spiro atoms. The summed E-state index contributed by atoms with van der Waals surface area (Å²) >= 11 is 12.1. The molecular formula is C15H8Cl2F3N3. The summed E-state index contributed by atoms with van der Waals surface area (Å²) in [5.74, 6) is 0.234. The molecule has 0 amide bonds. The largest absolute Gasteiger partial charge is 0.416 e. The molecule has 3 rings (SSSR count). The first-order chi connectivity index (χ1) is 10.9. The van der Waals surface area contributed by atoms with Crippen LogP contribution in [0.5, 0.6) is 0 Å². The summed E-state index contributed by atoms with van der Waals surface area (Å²) in [7, 11) is 0. The first-order valence-electron chi connectivity index (χ1n) is 6.41. The predicted octanol–water partition coefficient (Wildman–Crippen LogP) is 5.26. The molecule has 0 saturated carbocycles. The van der Waals surface area contributed by atoms with Crippen molar-refractivity contribution in [3.05, 3.63) is 64.4 Å². The number of aromatic nitrogens is 3. The number of halogens is 5. The van der Waals surface area contributed by atoms with Crippen LogP contribution in [-0.4, -0.2) is 14.8 Å². The third-order valence-corrected chi connectivity index (χ3v) is 3.67. The van der Waals surface area contributed by atoms with Gasteiger partial charge in [0.2, 0.25) is 5.28 Å². The van der Waals surface area contributed by atoms with Crippen LogP contribution in [-0.2, 0) is 6.18 Å². The topological polar surface area (TPSA) is 30.7 Å². The molecule has 3 aromatic rings. The second-order valence-corrected chi connectivity index (χ2v) is 5.39. The SMILES string of the molecule is FC(F)(F)c1cccc(-n2nc(-c3ccccc3Cl)nc2Cl)c1. The van der Waals surface area contributed by atoms with E-state index in [-0.39, 0.29) is 16.8 Å². The van der Waals surface area contributed by atoms with E-state index in [1.165, 1.54) is 12.1 Å². The van der Waals surface area contributed by atoms with Gasteiger partial charge in [-0.05, 0) is 41.9 Å². The fraction of sp³-hybridized carbons (Fsp3) is 0.0667. The van der Waals surface area contributed by atoms with Crippen molar-refractivity contribution < 1.29 is 13.2 Å². The zero-order valence-corrected chi connectivity index (χ0v) is 12.9. The molecule has 0 atom stereocenters. The highest BCUT2D eigenvalue weighted by atomic mass is 35.5. The van der Waals surface area contributed by atoms with E-state index in [9.17, 15) is 13.2 Å². The summed E-state index contributed by atoms with van der Waals surface area (Å²) in [5.41, 5.74) is -0.0849. The highest BCUT2D eigenvalue weighted by Gasteiger charge is 2.30. The van der Waals surface area contributed by atoms with Crippen LogP contribution in [0.2, 0.25) is 10.3 Å². The van der Waals surface area contributed by atoms with E-state index in [2.05, 4.69) is 10.1 Å². The van der Waals surface area contributed by atoms with Gasteiger partial charge in [0.05, 0.1) is 16.3 Å². The lowest BCUT2D eigenvalue weighted by atomic mass is 10.2. The Hall–Kier alpha value is -2.05. The minimum atomic E-state index is -4.45. The summed E-state index contributed by atoms with van der Waals surface area (Å²) in [6.07, 6.45) is -4.45. The number of nitrogens with zero attached hydrogens (tertiary/aromatic N) is 3. The maximum absolute atomic E-state index is 12.8. The molecule has 0 aliphatic heterocycles. The zero-order valence-electron chi connectivity index (χ0n) is 11.4. The van der Waals surface area contributed by atoms with Crippen molar-refractivity contribution in [2.24, 2.45) is 0 Å². The molecule has 0 aliphatic carbocycles. The van der Waals surface area contributed by atoms with E-state index >= 15 is 0 Å². The average molecular weight is 358 g/mol. The van der Waals surface area contributed by atoms with Crippen LogP contribution in [0.1, 0.15) is 5.56 Å². The summed E-state index contributed by atoms with van der Waals surface area (Å²) in [5, 5.41) is 4.52. The first kappa shape index (κ1) is 15.8. The number of rotatable bonds is 2. The van der Waals surface area contributed by atoms with Gasteiger partial charge in [-0.15, -0.1) is 5.10 Å². The summed E-state index contributed by atoms with van der Waals surface area (Å²) in [6, 6.07) is 11.5. The van der Waals surface area contributed by atoms with Crippen molar-refractivity contribution >= 4 is 23.2 Å². The standard InChI is InChI=1S/C15H8Cl2F3N3/c16-12-7-2-1-6-11(12)13-21-14(17)23(22-13)10-5-3-4-9(8-10)15(18,19)20/h1-8H. The van der Waals surface area contributed by atoms with Crippen molar-refractivity contribution in [1.29, 1.82) is 0 Å². The van der Waals surface area contributed by atoms with Crippen molar-refractivity contribution in [1.82, 2.24) is 14.8 Å². The zero-order chi connectivity index (χ0) is 16.6. The third-order valence-electron chi connectivity index (χ3n) is 3.10. The van der Waals surface area contributed by atoms with Gasteiger partial charge in [0.25, 0.3) is 0 Å². The van der Waals surface area contributed by atoms with Crippen molar-refractivity contribution in [2.75, 3.05) is 0 Å². The molecule has 1 heterocycles. The molecule has 1 aromatic heterocycles. The third kappa shape index (κ3) is 3.18. The van der Waals surface area contributed by atoms with Crippen molar-refractivity contribution in [3.8, 4) is 17.1 Å². The second-order valence-electron chi connectivity index (χ2n) is 4.64.